The normalized spacial score (nSPS) is 8.21. The number of aryl methyl sites for hydroxylation is 2. The van der Waals surface area contributed by atoms with E-state index in [1.54, 1.807) is 7.11 Å². The largest absolute Gasteiger partial charge is 0.497 e. The molecular weight excluding hydrogens is 292 g/mol. The Morgan fingerprint density at radius 1 is 0.500 bits per heavy atom. The van der Waals surface area contributed by atoms with Gasteiger partial charge in [0.25, 0.3) is 0 Å². The summed E-state index contributed by atoms with van der Waals surface area (Å²) in [5, 5.41) is 0. The number of para-hydroxylation sites is 1. The first kappa shape index (κ1) is 21.5. The first-order valence-electron chi connectivity index (χ1n) is 8.34. The molecule has 0 saturated carbocycles. The summed E-state index contributed by atoms with van der Waals surface area (Å²) in [5.41, 5.74) is 2.64. The number of hydrogen-bond donors (Lipinski definition) is 0. The van der Waals surface area contributed by atoms with Crippen molar-refractivity contribution >= 4 is 0 Å². The van der Waals surface area contributed by atoms with Crippen molar-refractivity contribution in [3.63, 3.8) is 0 Å². The molecule has 3 aromatic carbocycles. The summed E-state index contributed by atoms with van der Waals surface area (Å²) in [7, 11) is 1.66. The Labute approximate surface area is 148 Å². The second kappa shape index (κ2) is 15.4. The molecule has 0 atom stereocenters. The lowest BCUT2D eigenvalue weighted by molar-refractivity contribution is 0.415. The van der Waals surface area contributed by atoms with Gasteiger partial charge in [-0.25, -0.2) is 0 Å². The number of rotatable bonds is 1. The molecule has 128 valence electrons. The number of methoxy groups -OCH3 is 1. The first-order chi connectivity index (χ1) is 11.7. The van der Waals surface area contributed by atoms with E-state index in [9.17, 15) is 0 Å². The van der Waals surface area contributed by atoms with Crippen molar-refractivity contribution in [2.24, 2.45) is 0 Å². The smallest absolute Gasteiger partial charge is 0.118 e. The number of benzene rings is 3. The Balaban J connectivity index is 0.000000315. The van der Waals surface area contributed by atoms with Gasteiger partial charge in [-0.2, -0.15) is 0 Å². The van der Waals surface area contributed by atoms with E-state index in [-0.39, 0.29) is 0 Å². The van der Waals surface area contributed by atoms with E-state index in [1.807, 2.05) is 80.6 Å². The molecule has 0 aromatic heterocycles. The average Bonchev–Trinajstić information content (AvgIpc) is 2.66. The van der Waals surface area contributed by atoms with Crippen LogP contribution < -0.4 is 4.74 Å². The maximum atomic E-state index is 4.91. The van der Waals surface area contributed by atoms with Crippen molar-refractivity contribution < 1.29 is 4.74 Å². The molecule has 0 spiro atoms. The number of ether oxygens (including phenoxy) is 1. The molecule has 0 saturated heterocycles. The molecule has 0 aliphatic carbocycles. The maximum absolute atomic E-state index is 4.91. The van der Waals surface area contributed by atoms with Crippen molar-refractivity contribution in [3.8, 4) is 5.75 Å². The highest BCUT2D eigenvalue weighted by Crippen LogP contribution is 2.05. The van der Waals surface area contributed by atoms with Crippen molar-refractivity contribution in [1.82, 2.24) is 0 Å². The van der Waals surface area contributed by atoms with Crippen LogP contribution in [-0.4, -0.2) is 7.11 Å². The van der Waals surface area contributed by atoms with Crippen LogP contribution in [0, 0.1) is 13.8 Å². The predicted molar refractivity (Wildman–Crippen MR) is 107 cm³/mol. The van der Waals surface area contributed by atoms with Crippen LogP contribution in [0.25, 0.3) is 0 Å². The topological polar surface area (TPSA) is 9.23 Å². The zero-order valence-electron chi connectivity index (χ0n) is 15.6. The van der Waals surface area contributed by atoms with Gasteiger partial charge in [-0.05, 0) is 26.0 Å². The summed E-state index contributed by atoms with van der Waals surface area (Å²) in [6.45, 7) is 8.17. The van der Waals surface area contributed by atoms with Gasteiger partial charge in [0.15, 0.2) is 0 Å². The fourth-order valence-corrected chi connectivity index (χ4v) is 1.63. The Bertz CT molecular complexity index is 551. The minimum Gasteiger partial charge on any atom is -0.497 e. The molecule has 0 bridgehead atoms. The third-order valence-electron chi connectivity index (χ3n) is 2.86. The van der Waals surface area contributed by atoms with Crippen LogP contribution in [0.4, 0.5) is 0 Å². The van der Waals surface area contributed by atoms with Crippen molar-refractivity contribution in [1.29, 1.82) is 0 Å². The molecular formula is C23H30O. The lowest BCUT2D eigenvalue weighted by atomic mass is 10.2. The average molecular weight is 322 g/mol. The van der Waals surface area contributed by atoms with Crippen molar-refractivity contribution in [3.05, 3.63) is 102 Å². The van der Waals surface area contributed by atoms with Gasteiger partial charge in [-0.3, -0.25) is 0 Å². The third-order valence-corrected chi connectivity index (χ3v) is 2.86. The van der Waals surface area contributed by atoms with Crippen LogP contribution in [0.15, 0.2) is 91.0 Å². The molecule has 1 heteroatoms. The fourth-order valence-electron chi connectivity index (χ4n) is 1.63. The molecule has 0 unspecified atom stereocenters. The Hall–Kier alpha value is -2.54. The van der Waals surface area contributed by atoms with E-state index < -0.39 is 0 Å². The van der Waals surface area contributed by atoms with Gasteiger partial charge < -0.3 is 4.74 Å². The molecule has 3 rings (SSSR count). The molecule has 0 aliphatic heterocycles. The molecule has 3 aromatic rings. The van der Waals surface area contributed by atoms with Crippen LogP contribution in [0.1, 0.15) is 25.0 Å². The molecule has 0 radical (unpaired) electrons. The minimum absolute atomic E-state index is 0.910. The molecule has 1 nitrogen and oxygen atoms in total. The SMILES string of the molecule is CC.COc1ccccc1.Cc1ccccc1.Cc1ccccc1. The monoisotopic (exact) mass is 322 g/mol. The van der Waals surface area contributed by atoms with E-state index >= 15 is 0 Å². The quantitative estimate of drug-likeness (QED) is 0.483. The Morgan fingerprint density at radius 3 is 0.958 bits per heavy atom. The first-order valence-corrected chi connectivity index (χ1v) is 8.34. The lowest BCUT2D eigenvalue weighted by Gasteiger charge is -1.93. The van der Waals surface area contributed by atoms with Gasteiger partial charge >= 0.3 is 0 Å². The molecule has 0 fully saturated rings. The molecule has 0 aliphatic rings. The van der Waals surface area contributed by atoms with Crippen LogP contribution in [0.5, 0.6) is 5.75 Å². The van der Waals surface area contributed by atoms with Gasteiger partial charge in [0, 0.05) is 0 Å². The molecule has 0 amide bonds. The third kappa shape index (κ3) is 12.0. The molecule has 24 heavy (non-hydrogen) atoms. The fraction of sp³-hybridized carbons (Fsp3) is 0.217. The summed E-state index contributed by atoms with van der Waals surface area (Å²) in [6.07, 6.45) is 0. The molecule has 0 N–H and O–H groups in total. The van der Waals surface area contributed by atoms with E-state index in [2.05, 4.69) is 38.1 Å². The molecule has 0 heterocycles. The van der Waals surface area contributed by atoms with Gasteiger partial charge in [0.05, 0.1) is 7.11 Å². The highest BCUT2D eigenvalue weighted by Gasteiger charge is 1.80. The van der Waals surface area contributed by atoms with E-state index in [1.165, 1.54) is 11.1 Å². The Morgan fingerprint density at radius 2 is 0.792 bits per heavy atom. The Kier molecular flexibility index (Phi) is 13.7. The summed E-state index contributed by atoms with van der Waals surface area (Å²) in [6, 6.07) is 30.2. The van der Waals surface area contributed by atoms with Crippen molar-refractivity contribution in [2.75, 3.05) is 7.11 Å². The zero-order chi connectivity index (χ0) is 18.0. The second-order valence-corrected chi connectivity index (χ2v) is 4.83. The lowest BCUT2D eigenvalue weighted by Crippen LogP contribution is -1.78. The highest BCUT2D eigenvalue weighted by molar-refractivity contribution is 5.20. The van der Waals surface area contributed by atoms with E-state index in [0.29, 0.717) is 0 Å². The van der Waals surface area contributed by atoms with Crippen molar-refractivity contribution in [2.45, 2.75) is 27.7 Å². The maximum Gasteiger partial charge on any atom is 0.118 e. The predicted octanol–water partition coefficient (Wildman–Crippen LogP) is 6.71. The standard InChI is InChI=1S/C7H8O.2C7H8.C2H6/c1-8-7-5-3-2-4-6-7;2*1-7-5-3-2-4-6-7;1-2/h2-6H,1H3;2*2-6H,1H3;1-2H3. The second-order valence-electron chi connectivity index (χ2n) is 4.83. The number of hydrogen-bond acceptors (Lipinski definition) is 1. The summed E-state index contributed by atoms with van der Waals surface area (Å²) < 4.78 is 4.91. The van der Waals surface area contributed by atoms with Gasteiger partial charge in [0.2, 0.25) is 0 Å². The van der Waals surface area contributed by atoms with Gasteiger partial charge in [-0.1, -0.05) is 104 Å². The minimum atomic E-state index is 0.910. The van der Waals surface area contributed by atoms with Gasteiger partial charge in [0.1, 0.15) is 5.75 Å². The summed E-state index contributed by atoms with van der Waals surface area (Å²) >= 11 is 0. The zero-order valence-corrected chi connectivity index (χ0v) is 15.6. The van der Waals surface area contributed by atoms with Crippen LogP contribution in [0.2, 0.25) is 0 Å². The highest BCUT2D eigenvalue weighted by atomic mass is 16.5. The summed E-state index contributed by atoms with van der Waals surface area (Å²) in [4.78, 5) is 0. The van der Waals surface area contributed by atoms with Crippen LogP contribution in [-0.2, 0) is 0 Å². The van der Waals surface area contributed by atoms with Crippen LogP contribution >= 0.6 is 0 Å². The van der Waals surface area contributed by atoms with Gasteiger partial charge in [-0.15, -0.1) is 0 Å². The van der Waals surface area contributed by atoms with E-state index in [4.69, 9.17) is 4.74 Å². The van der Waals surface area contributed by atoms with E-state index in [0.717, 1.165) is 5.75 Å². The van der Waals surface area contributed by atoms with Crippen LogP contribution in [0.3, 0.4) is 0 Å². The summed E-state index contributed by atoms with van der Waals surface area (Å²) in [5.74, 6) is 0.910.